The van der Waals surface area contributed by atoms with Crippen molar-refractivity contribution in [3.05, 3.63) is 53.6 Å². The van der Waals surface area contributed by atoms with Crippen molar-refractivity contribution >= 4 is 29.3 Å². The lowest BCUT2D eigenvalue weighted by Gasteiger charge is -2.18. The Hall–Kier alpha value is -2.80. The summed E-state index contributed by atoms with van der Waals surface area (Å²) in [6.07, 6.45) is 3.31. The summed E-state index contributed by atoms with van der Waals surface area (Å²) in [5, 5.41) is 3.31. The first kappa shape index (κ1) is 14.8. The molecule has 1 amide bonds. The Kier molecular flexibility index (Phi) is 3.70. The zero-order valence-electron chi connectivity index (χ0n) is 12.7. The minimum Gasteiger partial charge on any atom is -0.486 e. The molecule has 1 N–H and O–H groups in total. The summed E-state index contributed by atoms with van der Waals surface area (Å²) in [4.78, 5) is 14.0. The standard InChI is InChI=1S/C17H14N2O4S/c20-16-13(18-17(24)19(16)10-12-2-1-5-21-12)8-11-3-4-14-15(9-11)23-7-6-22-14/h1-5,8-9H,6-7,10H2,(H,18,24). The number of furan rings is 1. The van der Waals surface area contributed by atoms with Crippen molar-refractivity contribution in [1.82, 2.24) is 10.2 Å². The van der Waals surface area contributed by atoms with Crippen molar-refractivity contribution in [2.75, 3.05) is 13.2 Å². The Morgan fingerprint density at radius 1 is 1.21 bits per heavy atom. The highest BCUT2D eigenvalue weighted by Gasteiger charge is 2.31. The largest absolute Gasteiger partial charge is 0.486 e. The Labute approximate surface area is 143 Å². The van der Waals surface area contributed by atoms with E-state index in [2.05, 4.69) is 5.32 Å². The second-order valence-electron chi connectivity index (χ2n) is 5.36. The summed E-state index contributed by atoms with van der Waals surface area (Å²) in [6, 6.07) is 9.12. The van der Waals surface area contributed by atoms with Crippen LogP contribution >= 0.6 is 12.2 Å². The highest BCUT2D eigenvalue weighted by atomic mass is 32.1. The molecule has 4 rings (SSSR count). The van der Waals surface area contributed by atoms with Crippen LogP contribution in [0.4, 0.5) is 0 Å². The van der Waals surface area contributed by atoms with Crippen LogP contribution in [0.2, 0.25) is 0 Å². The zero-order chi connectivity index (χ0) is 16.5. The highest BCUT2D eigenvalue weighted by molar-refractivity contribution is 7.80. The Morgan fingerprint density at radius 2 is 2.04 bits per heavy atom. The maximum absolute atomic E-state index is 12.5. The van der Waals surface area contributed by atoms with Crippen LogP contribution in [0.3, 0.4) is 0 Å². The number of hydrogen-bond donors (Lipinski definition) is 1. The third kappa shape index (κ3) is 2.74. The number of carbonyl (C=O) groups is 1. The number of ether oxygens (including phenoxy) is 2. The van der Waals surface area contributed by atoms with E-state index in [0.29, 0.717) is 47.8 Å². The first-order chi connectivity index (χ1) is 11.7. The molecule has 3 heterocycles. The van der Waals surface area contributed by atoms with Gasteiger partial charge in [-0.15, -0.1) is 0 Å². The smallest absolute Gasteiger partial charge is 0.276 e. The molecule has 2 aromatic rings. The molecule has 7 heteroatoms. The van der Waals surface area contributed by atoms with Crippen molar-refractivity contribution in [3.63, 3.8) is 0 Å². The Morgan fingerprint density at radius 3 is 2.83 bits per heavy atom. The van der Waals surface area contributed by atoms with E-state index in [4.69, 9.17) is 26.1 Å². The average Bonchev–Trinajstić information content (AvgIpc) is 3.19. The van der Waals surface area contributed by atoms with Crippen LogP contribution in [0, 0.1) is 0 Å². The lowest BCUT2D eigenvalue weighted by atomic mass is 10.1. The average molecular weight is 342 g/mol. The first-order valence-corrected chi connectivity index (χ1v) is 7.88. The van der Waals surface area contributed by atoms with E-state index in [1.807, 2.05) is 18.2 Å². The van der Waals surface area contributed by atoms with Crippen molar-refractivity contribution in [1.29, 1.82) is 0 Å². The Balaban J connectivity index is 1.57. The van der Waals surface area contributed by atoms with E-state index in [1.165, 1.54) is 4.90 Å². The number of rotatable bonds is 3. The minimum absolute atomic E-state index is 0.189. The molecule has 0 saturated carbocycles. The normalized spacial score (nSPS) is 18.2. The molecule has 1 aromatic heterocycles. The zero-order valence-corrected chi connectivity index (χ0v) is 13.5. The second kappa shape index (κ2) is 6.01. The highest BCUT2D eigenvalue weighted by Crippen LogP contribution is 2.31. The van der Waals surface area contributed by atoms with Crippen molar-refractivity contribution in [2.45, 2.75) is 6.54 Å². The topological polar surface area (TPSA) is 63.9 Å². The summed E-state index contributed by atoms with van der Waals surface area (Å²) in [5.74, 6) is 1.87. The fraction of sp³-hybridized carbons (Fsp3) is 0.176. The summed E-state index contributed by atoms with van der Waals surface area (Å²) in [5.41, 5.74) is 1.25. The summed E-state index contributed by atoms with van der Waals surface area (Å²) >= 11 is 5.25. The van der Waals surface area contributed by atoms with Gasteiger partial charge >= 0.3 is 0 Å². The van der Waals surface area contributed by atoms with Crippen LogP contribution in [0.15, 0.2) is 46.7 Å². The van der Waals surface area contributed by atoms with Gasteiger partial charge in [-0.25, -0.2) is 0 Å². The van der Waals surface area contributed by atoms with E-state index in [-0.39, 0.29) is 5.91 Å². The number of benzene rings is 1. The predicted octanol–water partition coefficient (Wildman–Crippen LogP) is 2.31. The molecular weight excluding hydrogens is 328 g/mol. The van der Waals surface area contributed by atoms with Crippen LogP contribution in [0.25, 0.3) is 6.08 Å². The van der Waals surface area contributed by atoms with Crippen LogP contribution < -0.4 is 14.8 Å². The van der Waals surface area contributed by atoms with E-state index < -0.39 is 0 Å². The lowest BCUT2D eigenvalue weighted by molar-refractivity contribution is -0.122. The molecule has 0 spiro atoms. The van der Waals surface area contributed by atoms with Gasteiger partial charge in [0.05, 0.1) is 12.8 Å². The van der Waals surface area contributed by atoms with Gasteiger partial charge in [0, 0.05) is 0 Å². The number of amides is 1. The maximum Gasteiger partial charge on any atom is 0.276 e. The van der Waals surface area contributed by atoms with Gasteiger partial charge in [0.25, 0.3) is 5.91 Å². The molecule has 0 aliphatic carbocycles. The van der Waals surface area contributed by atoms with E-state index >= 15 is 0 Å². The SMILES string of the molecule is O=C1C(=Cc2ccc3c(c2)OCCO3)NC(=S)N1Cc1ccco1. The van der Waals surface area contributed by atoms with Crippen molar-refractivity contribution in [2.24, 2.45) is 0 Å². The van der Waals surface area contributed by atoms with Gasteiger partial charge in [0.2, 0.25) is 0 Å². The van der Waals surface area contributed by atoms with E-state index in [0.717, 1.165) is 5.56 Å². The van der Waals surface area contributed by atoms with Crippen LogP contribution in [-0.4, -0.2) is 29.1 Å². The Bertz CT molecular complexity index is 829. The monoisotopic (exact) mass is 342 g/mol. The molecule has 0 atom stereocenters. The van der Waals surface area contributed by atoms with Gasteiger partial charge in [-0.1, -0.05) is 6.07 Å². The predicted molar refractivity (Wildman–Crippen MR) is 90.4 cm³/mol. The van der Waals surface area contributed by atoms with Crippen molar-refractivity contribution in [3.8, 4) is 11.5 Å². The molecule has 1 saturated heterocycles. The third-order valence-electron chi connectivity index (χ3n) is 3.73. The number of nitrogens with zero attached hydrogens (tertiary/aromatic N) is 1. The second-order valence-corrected chi connectivity index (χ2v) is 5.75. The van der Waals surface area contributed by atoms with Gasteiger partial charge in [-0.3, -0.25) is 9.69 Å². The molecule has 122 valence electrons. The van der Waals surface area contributed by atoms with Gasteiger partial charge in [0.15, 0.2) is 16.6 Å². The number of hydrogen-bond acceptors (Lipinski definition) is 5. The molecule has 0 radical (unpaired) electrons. The van der Waals surface area contributed by atoms with E-state index in [1.54, 1.807) is 24.5 Å². The quantitative estimate of drug-likeness (QED) is 0.682. The minimum atomic E-state index is -0.189. The third-order valence-corrected chi connectivity index (χ3v) is 4.06. The summed E-state index contributed by atoms with van der Waals surface area (Å²) in [7, 11) is 0. The van der Waals surface area contributed by atoms with Crippen molar-refractivity contribution < 1.29 is 18.7 Å². The number of fused-ring (bicyclic) bond motifs is 1. The molecule has 1 aromatic carbocycles. The molecule has 24 heavy (non-hydrogen) atoms. The summed E-state index contributed by atoms with van der Waals surface area (Å²) < 4.78 is 16.3. The molecule has 2 aliphatic heterocycles. The molecule has 0 unspecified atom stereocenters. The van der Waals surface area contributed by atoms with Crippen LogP contribution in [0.5, 0.6) is 11.5 Å². The van der Waals surface area contributed by atoms with Gasteiger partial charge < -0.3 is 19.2 Å². The fourth-order valence-electron chi connectivity index (χ4n) is 2.59. The van der Waals surface area contributed by atoms with Gasteiger partial charge in [-0.05, 0) is 48.1 Å². The first-order valence-electron chi connectivity index (χ1n) is 7.47. The molecule has 1 fully saturated rings. The van der Waals surface area contributed by atoms with E-state index in [9.17, 15) is 4.79 Å². The molecule has 0 bridgehead atoms. The summed E-state index contributed by atoms with van der Waals surface area (Å²) in [6.45, 7) is 1.37. The van der Waals surface area contributed by atoms with Gasteiger partial charge in [-0.2, -0.15) is 0 Å². The van der Waals surface area contributed by atoms with Crippen LogP contribution in [-0.2, 0) is 11.3 Å². The molecular formula is C17H14N2O4S. The fourth-order valence-corrected chi connectivity index (χ4v) is 2.85. The van der Waals surface area contributed by atoms with Crippen LogP contribution in [0.1, 0.15) is 11.3 Å². The molecule has 2 aliphatic rings. The number of carbonyl (C=O) groups excluding carboxylic acids is 1. The number of thiocarbonyl (C=S) groups is 1. The van der Waals surface area contributed by atoms with Gasteiger partial charge in [0.1, 0.15) is 24.7 Å². The lowest BCUT2D eigenvalue weighted by Crippen LogP contribution is -2.29. The maximum atomic E-state index is 12.5. The number of nitrogens with one attached hydrogen (secondary N) is 1. The molecule has 6 nitrogen and oxygen atoms in total.